The third kappa shape index (κ3) is 1.99. The van der Waals surface area contributed by atoms with Crippen molar-refractivity contribution in [2.45, 2.75) is 26.2 Å². The fraction of sp³-hybridized carbons (Fsp3) is 0.364. The smallest absolute Gasteiger partial charge is 0.126 e. The van der Waals surface area contributed by atoms with Gasteiger partial charge in [0.1, 0.15) is 11.3 Å². The van der Waals surface area contributed by atoms with E-state index in [1.165, 1.54) is 23.5 Å². The number of hydrogen-bond donors (Lipinski definition) is 0. The molecule has 0 atom stereocenters. The maximum absolute atomic E-state index is 13.1. The van der Waals surface area contributed by atoms with Gasteiger partial charge in [0, 0.05) is 5.41 Å². The van der Waals surface area contributed by atoms with Gasteiger partial charge >= 0.3 is 0 Å². The van der Waals surface area contributed by atoms with Gasteiger partial charge in [-0.15, -0.1) is 11.3 Å². The molecule has 0 bridgehead atoms. The molecular formula is C11H11ClFNS. The van der Waals surface area contributed by atoms with Crippen LogP contribution < -0.4 is 0 Å². The third-order valence-electron chi connectivity index (χ3n) is 2.05. The molecule has 1 nitrogen and oxygen atoms in total. The predicted molar refractivity (Wildman–Crippen MR) is 63.3 cm³/mol. The topological polar surface area (TPSA) is 12.9 Å². The molecule has 0 aliphatic heterocycles. The molecule has 0 aliphatic carbocycles. The van der Waals surface area contributed by atoms with Gasteiger partial charge in [-0.05, 0) is 12.1 Å². The molecule has 0 unspecified atom stereocenters. The summed E-state index contributed by atoms with van der Waals surface area (Å²) in [5.74, 6) is -0.309. The van der Waals surface area contributed by atoms with Gasteiger partial charge in [0.15, 0.2) is 0 Å². The average molecular weight is 244 g/mol. The van der Waals surface area contributed by atoms with Crippen LogP contribution in [0.15, 0.2) is 12.1 Å². The van der Waals surface area contributed by atoms with E-state index < -0.39 is 0 Å². The first-order valence-corrected chi connectivity index (χ1v) is 5.83. The van der Waals surface area contributed by atoms with Gasteiger partial charge in [0.25, 0.3) is 0 Å². The Bertz CT molecular complexity index is 513. The molecule has 0 saturated carbocycles. The standard InChI is InChI=1S/C11H11ClFNS/c1-11(2,3)10-14-9-7(12)4-6(13)5-8(9)15-10/h4-5H,1-3H3. The second-order valence-electron chi connectivity index (χ2n) is 4.50. The lowest BCUT2D eigenvalue weighted by Gasteiger charge is -2.13. The number of hydrogen-bond acceptors (Lipinski definition) is 2. The molecule has 0 aliphatic rings. The molecular weight excluding hydrogens is 233 g/mol. The largest absolute Gasteiger partial charge is 0.239 e. The number of fused-ring (bicyclic) bond motifs is 1. The number of rotatable bonds is 0. The second kappa shape index (κ2) is 3.42. The molecule has 0 radical (unpaired) electrons. The van der Waals surface area contributed by atoms with Crippen molar-refractivity contribution in [1.29, 1.82) is 0 Å². The van der Waals surface area contributed by atoms with Crippen LogP contribution in [0.1, 0.15) is 25.8 Å². The molecule has 0 fully saturated rings. The molecule has 0 N–H and O–H groups in total. The predicted octanol–water partition coefficient (Wildman–Crippen LogP) is 4.39. The average Bonchev–Trinajstić information content (AvgIpc) is 2.46. The lowest BCUT2D eigenvalue weighted by atomic mass is 9.98. The van der Waals surface area contributed by atoms with Crippen LogP contribution in [0.3, 0.4) is 0 Å². The van der Waals surface area contributed by atoms with Crippen molar-refractivity contribution >= 4 is 33.2 Å². The Kier molecular flexibility index (Phi) is 2.47. The normalized spacial score (nSPS) is 12.3. The van der Waals surface area contributed by atoms with E-state index >= 15 is 0 Å². The van der Waals surface area contributed by atoms with Crippen LogP contribution in [0.5, 0.6) is 0 Å². The minimum Gasteiger partial charge on any atom is -0.239 e. The van der Waals surface area contributed by atoms with Gasteiger partial charge in [-0.1, -0.05) is 32.4 Å². The van der Waals surface area contributed by atoms with Crippen molar-refractivity contribution in [2.24, 2.45) is 0 Å². The quantitative estimate of drug-likeness (QED) is 0.669. The van der Waals surface area contributed by atoms with E-state index in [4.69, 9.17) is 11.6 Å². The van der Waals surface area contributed by atoms with Crippen molar-refractivity contribution in [3.8, 4) is 0 Å². The van der Waals surface area contributed by atoms with Crippen molar-refractivity contribution in [2.75, 3.05) is 0 Å². The van der Waals surface area contributed by atoms with E-state index in [0.717, 1.165) is 9.71 Å². The highest BCUT2D eigenvalue weighted by atomic mass is 35.5. The second-order valence-corrected chi connectivity index (χ2v) is 5.94. The fourth-order valence-electron chi connectivity index (χ4n) is 1.28. The maximum Gasteiger partial charge on any atom is 0.126 e. The van der Waals surface area contributed by atoms with Crippen molar-refractivity contribution in [1.82, 2.24) is 4.98 Å². The zero-order valence-corrected chi connectivity index (χ0v) is 10.3. The minimum absolute atomic E-state index is 0.0243. The SMILES string of the molecule is CC(C)(C)c1nc2c(Cl)cc(F)cc2s1. The van der Waals surface area contributed by atoms with Gasteiger partial charge in [0.2, 0.25) is 0 Å². The molecule has 4 heteroatoms. The maximum atomic E-state index is 13.1. The van der Waals surface area contributed by atoms with Gasteiger partial charge in [0.05, 0.1) is 14.7 Å². The van der Waals surface area contributed by atoms with Crippen LogP contribution in [-0.4, -0.2) is 4.98 Å². The number of halogens is 2. The summed E-state index contributed by atoms with van der Waals surface area (Å²) in [6.07, 6.45) is 0. The van der Waals surface area contributed by atoms with Crippen LogP contribution in [0.25, 0.3) is 10.2 Å². The van der Waals surface area contributed by atoms with Gasteiger partial charge in [-0.3, -0.25) is 0 Å². The van der Waals surface area contributed by atoms with Crippen LogP contribution in [0.2, 0.25) is 5.02 Å². The van der Waals surface area contributed by atoms with E-state index in [-0.39, 0.29) is 11.2 Å². The third-order valence-corrected chi connectivity index (χ3v) is 3.77. The molecule has 2 rings (SSSR count). The summed E-state index contributed by atoms with van der Waals surface area (Å²) in [6.45, 7) is 6.24. The molecule has 2 aromatic rings. The molecule has 15 heavy (non-hydrogen) atoms. The molecule has 1 aromatic heterocycles. The van der Waals surface area contributed by atoms with Crippen molar-refractivity contribution in [3.05, 3.63) is 28.0 Å². The summed E-state index contributed by atoms with van der Waals surface area (Å²) in [5.41, 5.74) is 0.678. The first-order chi connectivity index (χ1) is 6.88. The van der Waals surface area contributed by atoms with Crippen LogP contribution >= 0.6 is 22.9 Å². The number of nitrogens with zero attached hydrogens (tertiary/aromatic N) is 1. The molecule has 0 saturated heterocycles. The molecule has 0 amide bonds. The van der Waals surface area contributed by atoms with Crippen LogP contribution in [0.4, 0.5) is 4.39 Å². The summed E-state index contributed by atoms with van der Waals surface area (Å²) >= 11 is 7.43. The Hall–Kier alpha value is -0.670. The summed E-state index contributed by atoms with van der Waals surface area (Å²) in [4.78, 5) is 4.44. The highest BCUT2D eigenvalue weighted by molar-refractivity contribution is 7.18. The Balaban J connectivity index is 2.71. The highest BCUT2D eigenvalue weighted by Crippen LogP contribution is 2.34. The minimum atomic E-state index is -0.309. The van der Waals surface area contributed by atoms with Crippen molar-refractivity contribution in [3.63, 3.8) is 0 Å². The van der Waals surface area contributed by atoms with E-state index in [1.54, 1.807) is 0 Å². The fourth-order valence-corrected chi connectivity index (χ4v) is 2.66. The first-order valence-electron chi connectivity index (χ1n) is 4.64. The zero-order valence-electron chi connectivity index (χ0n) is 8.77. The Labute approximate surface area is 96.9 Å². The zero-order chi connectivity index (χ0) is 11.2. The summed E-state index contributed by atoms with van der Waals surface area (Å²) < 4.78 is 13.9. The molecule has 80 valence electrons. The molecule has 1 aromatic carbocycles. The lowest BCUT2D eigenvalue weighted by molar-refractivity contribution is 0.587. The summed E-state index contributed by atoms with van der Waals surface area (Å²) in [7, 11) is 0. The summed E-state index contributed by atoms with van der Waals surface area (Å²) in [6, 6.07) is 2.78. The van der Waals surface area contributed by atoms with Crippen LogP contribution in [-0.2, 0) is 5.41 Å². The van der Waals surface area contributed by atoms with E-state index in [1.807, 2.05) is 0 Å². The van der Waals surface area contributed by atoms with E-state index in [2.05, 4.69) is 25.8 Å². The number of aromatic nitrogens is 1. The molecule has 1 heterocycles. The highest BCUT2D eigenvalue weighted by Gasteiger charge is 2.20. The Morgan fingerprint density at radius 2 is 2.00 bits per heavy atom. The van der Waals surface area contributed by atoms with Gasteiger partial charge in [-0.2, -0.15) is 0 Å². The first kappa shape index (κ1) is 10.8. The van der Waals surface area contributed by atoms with E-state index in [0.29, 0.717) is 10.5 Å². The number of benzene rings is 1. The summed E-state index contributed by atoms with van der Waals surface area (Å²) in [5, 5.41) is 1.36. The Morgan fingerprint density at radius 1 is 1.33 bits per heavy atom. The Morgan fingerprint density at radius 3 is 2.60 bits per heavy atom. The molecule has 0 spiro atoms. The monoisotopic (exact) mass is 243 g/mol. The van der Waals surface area contributed by atoms with E-state index in [9.17, 15) is 4.39 Å². The number of thiazole rings is 1. The lowest BCUT2D eigenvalue weighted by Crippen LogP contribution is -2.09. The van der Waals surface area contributed by atoms with Gasteiger partial charge in [-0.25, -0.2) is 9.37 Å². The van der Waals surface area contributed by atoms with Crippen molar-refractivity contribution < 1.29 is 4.39 Å². The van der Waals surface area contributed by atoms with Gasteiger partial charge < -0.3 is 0 Å². The van der Waals surface area contributed by atoms with Crippen LogP contribution in [0, 0.1) is 5.82 Å².